The molecule has 24 heavy (non-hydrogen) atoms. The smallest absolute Gasteiger partial charge is 0.272 e. The minimum Gasteiger partial charge on any atom is -0.339 e. The summed E-state index contributed by atoms with van der Waals surface area (Å²) in [6.45, 7) is 3.39. The van der Waals surface area contributed by atoms with Gasteiger partial charge in [0.25, 0.3) is 5.91 Å². The van der Waals surface area contributed by atoms with Crippen molar-refractivity contribution in [2.45, 2.75) is 32.6 Å². The van der Waals surface area contributed by atoms with Gasteiger partial charge in [-0.05, 0) is 31.9 Å². The number of hydrogen-bond acceptors (Lipinski definition) is 4. The molecule has 0 atom stereocenters. The molecule has 1 amide bonds. The van der Waals surface area contributed by atoms with Crippen molar-refractivity contribution < 1.29 is 4.79 Å². The van der Waals surface area contributed by atoms with Crippen LogP contribution in [0.15, 0.2) is 30.3 Å². The topological polar surface area (TPSA) is 58.1 Å². The molecule has 0 bridgehead atoms. The SMILES string of the molecule is Cc1nc(Nc2ccccc2Cl)cc(C(=O)N2CCCCCC2)n1. The van der Waals surface area contributed by atoms with E-state index in [1.165, 1.54) is 12.8 Å². The molecule has 1 aromatic carbocycles. The standard InChI is InChI=1S/C18H21ClN4O/c1-13-20-16(18(24)23-10-6-2-3-7-11-23)12-17(21-13)22-15-9-5-4-8-14(15)19/h4-5,8-9,12H,2-3,6-7,10-11H2,1H3,(H,20,21,22). The number of halogens is 1. The number of para-hydroxylation sites is 1. The molecule has 1 aromatic heterocycles. The van der Waals surface area contributed by atoms with Gasteiger partial charge in [-0.1, -0.05) is 36.6 Å². The number of carbonyl (C=O) groups is 1. The van der Waals surface area contributed by atoms with Crippen molar-refractivity contribution in [1.82, 2.24) is 14.9 Å². The van der Waals surface area contributed by atoms with Gasteiger partial charge in [-0.2, -0.15) is 0 Å². The second-order valence-corrected chi connectivity index (χ2v) is 6.40. The van der Waals surface area contributed by atoms with Crippen LogP contribution in [0.3, 0.4) is 0 Å². The van der Waals surface area contributed by atoms with Gasteiger partial charge in [0.2, 0.25) is 0 Å². The molecule has 3 rings (SSSR count). The Kier molecular flexibility index (Phi) is 5.30. The molecule has 1 N–H and O–H groups in total. The van der Waals surface area contributed by atoms with E-state index in [1.54, 1.807) is 19.1 Å². The highest BCUT2D eigenvalue weighted by Crippen LogP contribution is 2.24. The number of amides is 1. The number of aromatic nitrogens is 2. The number of rotatable bonds is 3. The first-order chi connectivity index (χ1) is 11.6. The summed E-state index contributed by atoms with van der Waals surface area (Å²) in [7, 11) is 0. The van der Waals surface area contributed by atoms with Crippen LogP contribution in [-0.2, 0) is 0 Å². The average molecular weight is 345 g/mol. The van der Waals surface area contributed by atoms with Gasteiger partial charge in [0.05, 0.1) is 10.7 Å². The van der Waals surface area contributed by atoms with Crippen molar-refractivity contribution in [3.8, 4) is 0 Å². The zero-order chi connectivity index (χ0) is 16.9. The van der Waals surface area contributed by atoms with Crippen LogP contribution in [0.2, 0.25) is 5.02 Å². The van der Waals surface area contributed by atoms with Crippen molar-refractivity contribution >= 4 is 29.0 Å². The van der Waals surface area contributed by atoms with Crippen molar-refractivity contribution in [2.75, 3.05) is 18.4 Å². The molecule has 1 fully saturated rings. The van der Waals surface area contributed by atoms with E-state index in [0.29, 0.717) is 22.4 Å². The van der Waals surface area contributed by atoms with E-state index in [4.69, 9.17) is 11.6 Å². The molecule has 1 saturated heterocycles. The van der Waals surface area contributed by atoms with Crippen molar-refractivity contribution in [3.63, 3.8) is 0 Å². The molecular weight excluding hydrogens is 324 g/mol. The monoisotopic (exact) mass is 344 g/mol. The second-order valence-electron chi connectivity index (χ2n) is 6.00. The maximum Gasteiger partial charge on any atom is 0.272 e. The van der Waals surface area contributed by atoms with Crippen LogP contribution in [0.25, 0.3) is 0 Å². The third-order valence-corrected chi connectivity index (χ3v) is 4.42. The lowest BCUT2D eigenvalue weighted by atomic mass is 10.2. The van der Waals surface area contributed by atoms with E-state index < -0.39 is 0 Å². The fraction of sp³-hybridized carbons (Fsp3) is 0.389. The Morgan fingerprint density at radius 1 is 1.12 bits per heavy atom. The van der Waals surface area contributed by atoms with Crippen LogP contribution in [0.1, 0.15) is 42.0 Å². The van der Waals surface area contributed by atoms with E-state index in [-0.39, 0.29) is 5.91 Å². The zero-order valence-corrected chi connectivity index (χ0v) is 14.5. The number of benzene rings is 1. The predicted octanol–water partition coefficient (Wildman–Crippen LogP) is 4.20. The van der Waals surface area contributed by atoms with Crippen LogP contribution in [0.5, 0.6) is 0 Å². The highest BCUT2D eigenvalue weighted by Gasteiger charge is 2.19. The fourth-order valence-corrected chi connectivity index (χ4v) is 3.06. The van der Waals surface area contributed by atoms with Gasteiger partial charge in [0.1, 0.15) is 17.3 Å². The molecule has 126 valence electrons. The molecule has 6 heteroatoms. The van der Waals surface area contributed by atoms with E-state index in [2.05, 4.69) is 15.3 Å². The maximum absolute atomic E-state index is 12.8. The summed E-state index contributed by atoms with van der Waals surface area (Å²) in [5.41, 5.74) is 1.18. The number of anilines is 2. The summed E-state index contributed by atoms with van der Waals surface area (Å²) < 4.78 is 0. The summed E-state index contributed by atoms with van der Waals surface area (Å²) in [4.78, 5) is 23.3. The molecule has 5 nitrogen and oxygen atoms in total. The van der Waals surface area contributed by atoms with Crippen LogP contribution in [0, 0.1) is 6.92 Å². The number of aryl methyl sites for hydroxylation is 1. The third-order valence-electron chi connectivity index (χ3n) is 4.09. The van der Waals surface area contributed by atoms with E-state index in [9.17, 15) is 4.79 Å². The largest absolute Gasteiger partial charge is 0.339 e. The molecule has 2 heterocycles. The Bertz CT molecular complexity index is 727. The van der Waals surface area contributed by atoms with E-state index in [1.807, 2.05) is 23.1 Å². The number of carbonyl (C=O) groups excluding carboxylic acids is 1. The Morgan fingerprint density at radius 3 is 2.54 bits per heavy atom. The van der Waals surface area contributed by atoms with Crippen LogP contribution in [0.4, 0.5) is 11.5 Å². The highest BCUT2D eigenvalue weighted by atomic mass is 35.5. The minimum absolute atomic E-state index is 0.0235. The number of likely N-dealkylation sites (tertiary alicyclic amines) is 1. The number of nitrogens with zero attached hydrogens (tertiary/aromatic N) is 3. The van der Waals surface area contributed by atoms with Gasteiger partial charge in [0.15, 0.2) is 0 Å². The fourth-order valence-electron chi connectivity index (χ4n) is 2.88. The van der Waals surface area contributed by atoms with Gasteiger partial charge < -0.3 is 10.2 Å². The zero-order valence-electron chi connectivity index (χ0n) is 13.8. The van der Waals surface area contributed by atoms with Gasteiger partial charge >= 0.3 is 0 Å². The average Bonchev–Trinajstić information content (AvgIpc) is 2.85. The quantitative estimate of drug-likeness (QED) is 0.906. The Balaban J connectivity index is 1.83. The van der Waals surface area contributed by atoms with Crippen molar-refractivity contribution in [2.24, 2.45) is 0 Å². The molecule has 0 radical (unpaired) electrons. The Morgan fingerprint density at radius 2 is 1.83 bits per heavy atom. The normalized spacial score (nSPS) is 15.0. The van der Waals surface area contributed by atoms with Gasteiger partial charge in [-0.25, -0.2) is 9.97 Å². The first-order valence-corrected chi connectivity index (χ1v) is 8.68. The van der Waals surface area contributed by atoms with Crippen LogP contribution in [-0.4, -0.2) is 33.9 Å². The first kappa shape index (κ1) is 16.7. The van der Waals surface area contributed by atoms with Crippen molar-refractivity contribution in [3.05, 3.63) is 46.9 Å². The number of nitrogens with one attached hydrogen (secondary N) is 1. The van der Waals surface area contributed by atoms with Gasteiger partial charge in [-0.3, -0.25) is 4.79 Å². The molecule has 0 unspecified atom stereocenters. The summed E-state index contributed by atoms with van der Waals surface area (Å²) in [5, 5.41) is 3.78. The molecular formula is C18H21ClN4O. The van der Waals surface area contributed by atoms with Gasteiger partial charge in [0, 0.05) is 19.2 Å². The Hall–Kier alpha value is -2.14. The lowest BCUT2D eigenvalue weighted by molar-refractivity contribution is 0.0755. The molecule has 0 spiro atoms. The Labute approximate surface area is 147 Å². The summed E-state index contributed by atoms with van der Waals surface area (Å²) >= 11 is 6.18. The molecule has 0 saturated carbocycles. The molecule has 2 aromatic rings. The minimum atomic E-state index is -0.0235. The maximum atomic E-state index is 12.8. The summed E-state index contributed by atoms with van der Waals surface area (Å²) in [5.74, 6) is 1.11. The van der Waals surface area contributed by atoms with E-state index in [0.717, 1.165) is 31.6 Å². The number of hydrogen-bond donors (Lipinski definition) is 1. The summed E-state index contributed by atoms with van der Waals surface area (Å²) in [6, 6.07) is 9.14. The van der Waals surface area contributed by atoms with E-state index >= 15 is 0 Å². The van der Waals surface area contributed by atoms with Crippen molar-refractivity contribution in [1.29, 1.82) is 0 Å². The lowest BCUT2D eigenvalue weighted by Gasteiger charge is -2.20. The highest BCUT2D eigenvalue weighted by molar-refractivity contribution is 6.33. The molecule has 1 aliphatic rings. The lowest BCUT2D eigenvalue weighted by Crippen LogP contribution is -2.32. The van der Waals surface area contributed by atoms with Gasteiger partial charge in [-0.15, -0.1) is 0 Å². The first-order valence-electron chi connectivity index (χ1n) is 8.30. The third kappa shape index (κ3) is 4.03. The second kappa shape index (κ2) is 7.62. The molecule has 0 aliphatic carbocycles. The summed E-state index contributed by atoms with van der Waals surface area (Å²) in [6.07, 6.45) is 4.48. The predicted molar refractivity (Wildman–Crippen MR) is 95.9 cm³/mol. The molecule has 1 aliphatic heterocycles. The van der Waals surface area contributed by atoms with Crippen LogP contribution < -0.4 is 5.32 Å². The van der Waals surface area contributed by atoms with Crippen LogP contribution >= 0.6 is 11.6 Å².